The van der Waals surface area contributed by atoms with E-state index in [1.54, 1.807) is 0 Å². The Morgan fingerprint density at radius 3 is 2.80 bits per heavy atom. The van der Waals surface area contributed by atoms with Gasteiger partial charge in [0.15, 0.2) is 0 Å². The van der Waals surface area contributed by atoms with Crippen LogP contribution in [0.25, 0.3) is 0 Å². The highest BCUT2D eigenvalue weighted by atomic mass is 32.2. The van der Waals surface area contributed by atoms with Crippen LogP contribution >= 0.6 is 0 Å². The first-order valence-corrected chi connectivity index (χ1v) is 8.11. The number of likely N-dealkylation sites (N-methyl/N-ethyl adjacent to an activating group) is 1. The third kappa shape index (κ3) is 3.34. The molecule has 1 aromatic rings. The van der Waals surface area contributed by atoms with Crippen LogP contribution in [0.4, 0.5) is 8.78 Å². The molecule has 1 aliphatic heterocycles. The topological polar surface area (TPSA) is 49.4 Å². The van der Waals surface area contributed by atoms with Crippen molar-refractivity contribution < 1.29 is 17.2 Å². The predicted octanol–water partition coefficient (Wildman–Crippen LogP) is 1.73. The maximum atomic E-state index is 13.5. The number of hydrogen-bond acceptors (Lipinski definition) is 3. The van der Waals surface area contributed by atoms with E-state index in [-0.39, 0.29) is 12.6 Å². The van der Waals surface area contributed by atoms with Crippen molar-refractivity contribution in [1.82, 2.24) is 9.62 Å². The summed E-state index contributed by atoms with van der Waals surface area (Å²) in [5, 5.41) is 0. The van der Waals surface area contributed by atoms with Crippen LogP contribution in [0.15, 0.2) is 23.1 Å². The standard InChI is InChI=1S/C13H18F2N2O2S/c1-2-17-7-3-4-11(17)9-16-20(18,19)13-6-5-10(14)8-12(13)15/h5-6,8,11,16H,2-4,7,9H2,1H3/t11-/m1/s1. The Morgan fingerprint density at radius 1 is 1.40 bits per heavy atom. The molecule has 0 spiro atoms. The van der Waals surface area contributed by atoms with Gasteiger partial charge in [-0.2, -0.15) is 0 Å². The molecule has 7 heteroatoms. The van der Waals surface area contributed by atoms with E-state index in [1.165, 1.54) is 0 Å². The Kier molecular flexibility index (Phi) is 4.72. The van der Waals surface area contributed by atoms with Crippen molar-refractivity contribution in [2.24, 2.45) is 0 Å². The van der Waals surface area contributed by atoms with Crippen LogP contribution in [0.3, 0.4) is 0 Å². The molecule has 0 amide bonds. The summed E-state index contributed by atoms with van der Waals surface area (Å²) >= 11 is 0. The highest BCUT2D eigenvalue weighted by Crippen LogP contribution is 2.18. The third-order valence-corrected chi connectivity index (χ3v) is 5.05. The Morgan fingerprint density at radius 2 is 2.15 bits per heavy atom. The molecular weight excluding hydrogens is 286 g/mol. The largest absolute Gasteiger partial charge is 0.299 e. The zero-order valence-corrected chi connectivity index (χ0v) is 12.1. The first-order chi connectivity index (χ1) is 9.44. The van der Waals surface area contributed by atoms with Crippen LogP contribution in [0.2, 0.25) is 0 Å². The molecule has 0 aromatic heterocycles. The van der Waals surface area contributed by atoms with E-state index < -0.39 is 26.6 Å². The van der Waals surface area contributed by atoms with Crippen LogP contribution in [-0.4, -0.2) is 39.0 Å². The van der Waals surface area contributed by atoms with Gasteiger partial charge in [-0.1, -0.05) is 6.92 Å². The molecule has 0 radical (unpaired) electrons. The van der Waals surface area contributed by atoms with Gasteiger partial charge in [0.2, 0.25) is 10.0 Å². The van der Waals surface area contributed by atoms with Crippen molar-refractivity contribution in [2.45, 2.75) is 30.7 Å². The molecule has 0 unspecified atom stereocenters. The number of rotatable bonds is 5. The summed E-state index contributed by atoms with van der Waals surface area (Å²) in [5.74, 6) is -1.87. The fraction of sp³-hybridized carbons (Fsp3) is 0.538. The fourth-order valence-corrected chi connectivity index (χ4v) is 3.65. The summed E-state index contributed by atoms with van der Waals surface area (Å²) in [5.41, 5.74) is 0. The van der Waals surface area contributed by atoms with Gasteiger partial charge >= 0.3 is 0 Å². The molecule has 1 fully saturated rings. The number of nitrogens with zero attached hydrogens (tertiary/aromatic N) is 1. The molecule has 1 aliphatic rings. The molecule has 0 aliphatic carbocycles. The van der Waals surface area contributed by atoms with Gasteiger partial charge in [0.25, 0.3) is 0 Å². The van der Waals surface area contributed by atoms with Crippen molar-refractivity contribution in [3.8, 4) is 0 Å². The minimum atomic E-state index is -3.95. The molecule has 20 heavy (non-hydrogen) atoms. The number of halogens is 2. The summed E-state index contributed by atoms with van der Waals surface area (Å²) < 4.78 is 52.8. The minimum absolute atomic E-state index is 0.137. The van der Waals surface area contributed by atoms with Gasteiger partial charge in [0, 0.05) is 18.7 Å². The monoisotopic (exact) mass is 304 g/mol. The average Bonchev–Trinajstić information content (AvgIpc) is 2.83. The lowest BCUT2D eigenvalue weighted by Gasteiger charge is -2.22. The van der Waals surface area contributed by atoms with Crippen LogP contribution in [0.5, 0.6) is 0 Å². The Hall–Kier alpha value is -1.05. The van der Waals surface area contributed by atoms with Crippen molar-refractivity contribution in [2.75, 3.05) is 19.6 Å². The summed E-state index contributed by atoms with van der Waals surface area (Å²) in [7, 11) is -3.95. The van der Waals surface area contributed by atoms with Crippen molar-refractivity contribution in [1.29, 1.82) is 0 Å². The molecule has 1 saturated heterocycles. The van der Waals surface area contributed by atoms with E-state index in [1.807, 2.05) is 6.92 Å². The Bertz CT molecular complexity index is 578. The summed E-state index contributed by atoms with van der Waals surface area (Å²) in [6.45, 7) is 4.07. The van der Waals surface area contributed by atoms with Crippen LogP contribution < -0.4 is 4.72 Å². The van der Waals surface area contributed by atoms with Gasteiger partial charge < -0.3 is 0 Å². The van der Waals surface area contributed by atoms with Gasteiger partial charge in [-0.3, -0.25) is 4.90 Å². The lowest BCUT2D eigenvalue weighted by molar-refractivity contribution is 0.268. The quantitative estimate of drug-likeness (QED) is 0.901. The van der Waals surface area contributed by atoms with E-state index >= 15 is 0 Å². The van der Waals surface area contributed by atoms with E-state index in [0.29, 0.717) is 6.07 Å². The summed E-state index contributed by atoms with van der Waals surface area (Å²) in [6.07, 6.45) is 1.95. The molecule has 0 bridgehead atoms. The van der Waals surface area contributed by atoms with Crippen molar-refractivity contribution in [3.63, 3.8) is 0 Å². The molecule has 112 valence electrons. The maximum absolute atomic E-state index is 13.5. The highest BCUT2D eigenvalue weighted by molar-refractivity contribution is 7.89. The lowest BCUT2D eigenvalue weighted by Crippen LogP contribution is -2.40. The summed E-state index contributed by atoms with van der Waals surface area (Å²) in [4.78, 5) is 1.67. The van der Waals surface area contributed by atoms with Gasteiger partial charge in [-0.15, -0.1) is 0 Å². The van der Waals surface area contributed by atoms with Crippen LogP contribution in [0, 0.1) is 11.6 Å². The third-order valence-electron chi connectivity index (χ3n) is 3.60. The second-order valence-corrected chi connectivity index (χ2v) is 6.59. The first-order valence-electron chi connectivity index (χ1n) is 6.63. The second kappa shape index (κ2) is 6.15. The molecule has 0 saturated carbocycles. The predicted molar refractivity (Wildman–Crippen MR) is 71.8 cm³/mol. The van der Waals surface area contributed by atoms with Gasteiger partial charge in [0.05, 0.1) is 0 Å². The van der Waals surface area contributed by atoms with E-state index in [0.717, 1.165) is 38.1 Å². The van der Waals surface area contributed by atoms with Crippen molar-refractivity contribution >= 4 is 10.0 Å². The Labute approximate surface area is 117 Å². The van der Waals surface area contributed by atoms with Gasteiger partial charge in [-0.05, 0) is 38.1 Å². The number of hydrogen-bond donors (Lipinski definition) is 1. The number of sulfonamides is 1. The molecule has 1 heterocycles. The number of nitrogens with one attached hydrogen (secondary N) is 1. The zero-order valence-electron chi connectivity index (χ0n) is 11.3. The number of benzene rings is 1. The molecule has 1 atom stereocenters. The van der Waals surface area contributed by atoms with Gasteiger partial charge in [-0.25, -0.2) is 21.9 Å². The maximum Gasteiger partial charge on any atom is 0.243 e. The normalized spacial score (nSPS) is 20.4. The SMILES string of the molecule is CCN1CCC[C@@H]1CNS(=O)(=O)c1ccc(F)cc1F. The Balaban J connectivity index is 2.07. The van der Waals surface area contributed by atoms with E-state index in [9.17, 15) is 17.2 Å². The van der Waals surface area contributed by atoms with E-state index in [2.05, 4.69) is 9.62 Å². The summed E-state index contributed by atoms with van der Waals surface area (Å²) in [6, 6.07) is 2.59. The van der Waals surface area contributed by atoms with Gasteiger partial charge in [0.1, 0.15) is 16.5 Å². The molecular formula is C13H18F2N2O2S. The van der Waals surface area contributed by atoms with Crippen LogP contribution in [-0.2, 0) is 10.0 Å². The molecule has 1 N–H and O–H groups in total. The lowest BCUT2D eigenvalue weighted by atomic mass is 10.2. The minimum Gasteiger partial charge on any atom is -0.299 e. The first kappa shape index (κ1) is 15.3. The molecule has 1 aromatic carbocycles. The van der Waals surface area contributed by atoms with Crippen molar-refractivity contribution in [3.05, 3.63) is 29.8 Å². The molecule has 4 nitrogen and oxygen atoms in total. The second-order valence-electron chi connectivity index (χ2n) is 4.85. The number of likely N-dealkylation sites (tertiary alicyclic amines) is 1. The highest BCUT2D eigenvalue weighted by Gasteiger charge is 2.26. The average molecular weight is 304 g/mol. The van der Waals surface area contributed by atoms with Crippen LogP contribution in [0.1, 0.15) is 19.8 Å². The fourth-order valence-electron chi connectivity index (χ4n) is 2.52. The molecule has 2 rings (SSSR count). The zero-order chi connectivity index (χ0) is 14.8. The van der Waals surface area contributed by atoms with E-state index in [4.69, 9.17) is 0 Å². The smallest absolute Gasteiger partial charge is 0.243 e.